The largest absolute Gasteiger partial charge is 0.456 e. The first-order valence-corrected chi connectivity index (χ1v) is 11.3. The SMILES string of the molecule is CN(C)CCOCc1cc2c(s1)-c1ccc3c(c1Oc1ccccc1-2)CCCC3. The Morgan fingerprint density at radius 1 is 1.00 bits per heavy atom. The highest BCUT2D eigenvalue weighted by Gasteiger charge is 2.27. The van der Waals surface area contributed by atoms with E-state index in [2.05, 4.69) is 61.5 Å². The van der Waals surface area contributed by atoms with Gasteiger partial charge in [0.15, 0.2) is 0 Å². The van der Waals surface area contributed by atoms with Gasteiger partial charge in [0.05, 0.1) is 13.2 Å². The minimum atomic E-state index is 0.662. The lowest BCUT2D eigenvalue weighted by Crippen LogP contribution is -2.17. The van der Waals surface area contributed by atoms with Crippen LogP contribution in [0.25, 0.3) is 21.6 Å². The van der Waals surface area contributed by atoms with Crippen LogP contribution < -0.4 is 4.74 Å². The molecule has 1 aliphatic carbocycles. The molecule has 0 N–H and O–H groups in total. The molecular formula is C25H27NO2S. The monoisotopic (exact) mass is 405 g/mol. The van der Waals surface area contributed by atoms with Crippen molar-refractivity contribution in [3.63, 3.8) is 0 Å². The van der Waals surface area contributed by atoms with E-state index in [-0.39, 0.29) is 0 Å². The van der Waals surface area contributed by atoms with E-state index in [0.29, 0.717) is 6.61 Å². The third-order valence-electron chi connectivity index (χ3n) is 5.82. The Morgan fingerprint density at radius 2 is 1.86 bits per heavy atom. The topological polar surface area (TPSA) is 21.7 Å². The fraction of sp³-hybridized carbons (Fsp3) is 0.360. The summed E-state index contributed by atoms with van der Waals surface area (Å²) in [4.78, 5) is 4.73. The van der Waals surface area contributed by atoms with E-state index >= 15 is 0 Å². The van der Waals surface area contributed by atoms with Crippen molar-refractivity contribution in [2.24, 2.45) is 0 Å². The molecule has 0 fully saturated rings. The van der Waals surface area contributed by atoms with Crippen LogP contribution in [0.2, 0.25) is 0 Å². The van der Waals surface area contributed by atoms with Gasteiger partial charge in [-0.3, -0.25) is 0 Å². The van der Waals surface area contributed by atoms with Gasteiger partial charge in [-0.15, -0.1) is 11.3 Å². The minimum Gasteiger partial charge on any atom is -0.456 e. The number of ether oxygens (including phenoxy) is 2. The van der Waals surface area contributed by atoms with Gasteiger partial charge in [-0.1, -0.05) is 24.3 Å². The van der Waals surface area contributed by atoms with Gasteiger partial charge in [-0.25, -0.2) is 0 Å². The fourth-order valence-electron chi connectivity index (χ4n) is 4.31. The van der Waals surface area contributed by atoms with E-state index in [9.17, 15) is 0 Å². The highest BCUT2D eigenvalue weighted by molar-refractivity contribution is 7.16. The van der Waals surface area contributed by atoms with E-state index in [0.717, 1.165) is 37.5 Å². The van der Waals surface area contributed by atoms with Gasteiger partial charge < -0.3 is 14.4 Å². The molecular weight excluding hydrogens is 378 g/mol. The lowest BCUT2D eigenvalue weighted by molar-refractivity contribution is 0.107. The predicted molar refractivity (Wildman–Crippen MR) is 120 cm³/mol. The number of para-hydroxylation sites is 1. The maximum Gasteiger partial charge on any atom is 0.139 e. The molecule has 150 valence electrons. The Labute approximate surface area is 176 Å². The molecule has 4 heteroatoms. The van der Waals surface area contributed by atoms with Crippen molar-refractivity contribution in [1.29, 1.82) is 0 Å². The van der Waals surface area contributed by atoms with Crippen LogP contribution in [0.1, 0.15) is 28.8 Å². The molecule has 0 atom stereocenters. The quantitative estimate of drug-likeness (QED) is 0.372. The molecule has 1 aromatic heterocycles. The van der Waals surface area contributed by atoms with Crippen molar-refractivity contribution in [3.05, 3.63) is 58.5 Å². The Kier molecular flexibility index (Phi) is 5.17. The fourth-order valence-corrected chi connectivity index (χ4v) is 5.44. The summed E-state index contributed by atoms with van der Waals surface area (Å²) in [6.45, 7) is 2.35. The van der Waals surface area contributed by atoms with Crippen LogP contribution in [0.4, 0.5) is 0 Å². The number of hydrogen-bond acceptors (Lipinski definition) is 4. The Hall–Kier alpha value is -2.14. The number of thiophene rings is 1. The van der Waals surface area contributed by atoms with Crippen LogP contribution in [0.3, 0.4) is 0 Å². The van der Waals surface area contributed by atoms with Crippen molar-refractivity contribution in [2.45, 2.75) is 32.3 Å². The van der Waals surface area contributed by atoms with E-state index in [1.54, 1.807) is 0 Å². The maximum absolute atomic E-state index is 6.58. The number of nitrogens with zero attached hydrogens (tertiary/aromatic N) is 1. The normalized spacial score (nSPS) is 14.4. The maximum atomic E-state index is 6.58. The molecule has 3 aromatic rings. The van der Waals surface area contributed by atoms with E-state index in [1.807, 2.05) is 11.3 Å². The molecule has 0 radical (unpaired) electrons. The van der Waals surface area contributed by atoms with E-state index in [4.69, 9.17) is 9.47 Å². The first-order chi connectivity index (χ1) is 14.2. The lowest BCUT2D eigenvalue weighted by atomic mass is 9.88. The van der Waals surface area contributed by atoms with Gasteiger partial charge in [-0.2, -0.15) is 0 Å². The second kappa shape index (κ2) is 7.94. The highest BCUT2D eigenvalue weighted by Crippen LogP contribution is 2.52. The van der Waals surface area contributed by atoms with Crippen LogP contribution in [0, 0.1) is 0 Å². The van der Waals surface area contributed by atoms with Crippen LogP contribution >= 0.6 is 11.3 Å². The summed E-state index contributed by atoms with van der Waals surface area (Å²) in [5.74, 6) is 2.04. The van der Waals surface area contributed by atoms with Crippen LogP contribution in [-0.4, -0.2) is 32.1 Å². The smallest absolute Gasteiger partial charge is 0.139 e. The molecule has 2 heterocycles. The summed E-state index contributed by atoms with van der Waals surface area (Å²) in [7, 11) is 4.15. The van der Waals surface area contributed by atoms with Gasteiger partial charge in [-0.05, 0) is 69.1 Å². The van der Waals surface area contributed by atoms with Crippen LogP contribution in [-0.2, 0) is 24.2 Å². The summed E-state index contributed by atoms with van der Waals surface area (Å²) in [5.41, 5.74) is 6.56. The zero-order chi connectivity index (χ0) is 19.8. The number of likely N-dealkylation sites (N-methyl/N-ethyl adjacent to an activating group) is 1. The molecule has 0 bridgehead atoms. The molecule has 0 amide bonds. The average molecular weight is 406 g/mol. The summed E-state index contributed by atoms with van der Waals surface area (Å²) < 4.78 is 12.5. The molecule has 5 rings (SSSR count). The number of benzene rings is 2. The van der Waals surface area contributed by atoms with Crippen LogP contribution in [0.5, 0.6) is 11.5 Å². The summed E-state index contributed by atoms with van der Waals surface area (Å²) in [6, 6.07) is 15.3. The number of hydrogen-bond donors (Lipinski definition) is 0. The predicted octanol–water partition coefficient (Wildman–Crippen LogP) is 6.14. The molecule has 0 saturated heterocycles. The van der Waals surface area contributed by atoms with Gasteiger partial charge in [0.1, 0.15) is 11.5 Å². The van der Waals surface area contributed by atoms with Crippen molar-refractivity contribution in [2.75, 3.05) is 27.2 Å². The van der Waals surface area contributed by atoms with E-state index < -0.39 is 0 Å². The first-order valence-electron chi connectivity index (χ1n) is 10.5. The van der Waals surface area contributed by atoms with Crippen molar-refractivity contribution in [3.8, 4) is 33.1 Å². The molecule has 0 saturated carbocycles. The molecule has 1 aliphatic heterocycles. The Balaban J connectivity index is 1.58. The van der Waals surface area contributed by atoms with Gasteiger partial charge >= 0.3 is 0 Å². The molecule has 0 unspecified atom stereocenters. The Bertz CT molecular complexity index is 1040. The van der Waals surface area contributed by atoms with Crippen LogP contribution in [0.15, 0.2) is 42.5 Å². The molecule has 3 nitrogen and oxygen atoms in total. The number of fused-ring (bicyclic) bond motifs is 7. The standard InChI is InChI=1S/C25H27NO2S/c1-26(2)13-14-27-16-18-15-22-20-9-5-6-10-23(20)28-24-19-8-4-3-7-17(19)11-12-21(24)25(22)29-18/h5-6,9-12,15H,3-4,7-8,13-14,16H2,1-2H3. The number of rotatable bonds is 5. The summed E-state index contributed by atoms with van der Waals surface area (Å²) in [5, 5.41) is 0. The Morgan fingerprint density at radius 3 is 2.76 bits per heavy atom. The third kappa shape index (κ3) is 3.61. The molecule has 0 spiro atoms. The lowest BCUT2D eigenvalue weighted by Gasteiger charge is -2.21. The molecule has 2 aromatic carbocycles. The van der Waals surface area contributed by atoms with Crippen molar-refractivity contribution < 1.29 is 9.47 Å². The van der Waals surface area contributed by atoms with Crippen molar-refractivity contribution in [1.82, 2.24) is 4.90 Å². The minimum absolute atomic E-state index is 0.662. The summed E-state index contributed by atoms with van der Waals surface area (Å²) in [6.07, 6.45) is 4.80. The zero-order valence-electron chi connectivity index (χ0n) is 17.2. The van der Waals surface area contributed by atoms with E-state index in [1.165, 1.54) is 50.4 Å². The summed E-state index contributed by atoms with van der Waals surface area (Å²) >= 11 is 1.85. The number of aryl methyl sites for hydroxylation is 1. The molecule has 29 heavy (non-hydrogen) atoms. The first kappa shape index (κ1) is 18.9. The van der Waals surface area contributed by atoms with Crippen molar-refractivity contribution >= 4 is 11.3 Å². The second-order valence-electron chi connectivity index (χ2n) is 8.20. The average Bonchev–Trinajstić information content (AvgIpc) is 3.10. The van der Waals surface area contributed by atoms with Gasteiger partial charge in [0.25, 0.3) is 0 Å². The second-order valence-corrected chi connectivity index (χ2v) is 9.33. The van der Waals surface area contributed by atoms with Gasteiger partial charge in [0.2, 0.25) is 0 Å². The van der Waals surface area contributed by atoms with Gasteiger partial charge in [0, 0.05) is 33.0 Å². The third-order valence-corrected chi connectivity index (χ3v) is 6.97. The highest BCUT2D eigenvalue weighted by atomic mass is 32.1. The zero-order valence-corrected chi connectivity index (χ0v) is 18.0. The molecule has 2 aliphatic rings.